The normalized spacial score (nSPS) is 13.1. The van der Waals surface area contributed by atoms with E-state index in [1.807, 2.05) is 12.1 Å². The van der Waals surface area contributed by atoms with Gasteiger partial charge in [-0.25, -0.2) is 0 Å². The van der Waals surface area contributed by atoms with Crippen molar-refractivity contribution < 1.29 is 0 Å². The summed E-state index contributed by atoms with van der Waals surface area (Å²) in [6.45, 7) is 6.31. The maximum atomic E-state index is 6.19. The highest BCUT2D eigenvalue weighted by Crippen LogP contribution is 2.38. The van der Waals surface area contributed by atoms with Gasteiger partial charge >= 0.3 is 0 Å². The molecule has 0 saturated heterocycles. The third kappa shape index (κ3) is 3.62. The minimum Gasteiger partial charge on any atom is -0.398 e. The first-order valence-corrected chi connectivity index (χ1v) is 6.32. The second-order valence-electron chi connectivity index (χ2n) is 4.73. The van der Waals surface area contributed by atoms with E-state index in [-0.39, 0.29) is 23.9 Å². The number of benzene rings is 1. The molecule has 1 atom stereocenters. The zero-order valence-electron chi connectivity index (χ0n) is 9.55. The second-order valence-corrected chi connectivity index (χ2v) is 6.50. The zero-order chi connectivity index (χ0) is 11.8. The Kier molecular flexibility index (Phi) is 5.80. The summed E-state index contributed by atoms with van der Waals surface area (Å²) in [4.78, 5) is 0. The first-order valence-electron chi connectivity index (χ1n) is 4.73. The fraction of sp³-hybridized carbons (Fsp3) is 0.455. The van der Waals surface area contributed by atoms with Crippen molar-refractivity contribution in [3.8, 4) is 0 Å². The van der Waals surface area contributed by atoms with Crippen LogP contribution in [0.2, 0.25) is 0 Å². The number of halogens is 3. The van der Waals surface area contributed by atoms with Gasteiger partial charge in [-0.15, -0.1) is 12.4 Å². The lowest BCUT2D eigenvalue weighted by molar-refractivity contribution is 0.327. The zero-order valence-corrected chi connectivity index (χ0v) is 13.5. The smallest absolute Gasteiger partial charge is 0.0507 e. The summed E-state index contributed by atoms with van der Waals surface area (Å²) >= 11 is 6.86. The topological polar surface area (TPSA) is 52.0 Å². The van der Waals surface area contributed by atoms with Crippen LogP contribution in [0.1, 0.15) is 32.4 Å². The molecular weight excluding hydrogens is 355 g/mol. The maximum Gasteiger partial charge on any atom is 0.0507 e. The van der Waals surface area contributed by atoms with E-state index in [4.69, 9.17) is 11.5 Å². The Morgan fingerprint density at radius 3 is 2.12 bits per heavy atom. The molecule has 1 rings (SSSR count). The molecule has 0 aliphatic heterocycles. The average molecular weight is 373 g/mol. The van der Waals surface area contributed by atoms with Crippen LogP contribution in [-0.4, -0.2) is 0 Å². The van der Waals surface area contributed by atoms with E-state index in [9.17, 15) is 0 Å². The number of nitrogen functional groups attached to an aromatic ring is 1. The van der Waals surface area contributed by atoms with Crippen molar-refractivity contribution in [2.75, 3.05) is 5.73 Å². The van der Waals surface area contributed by atoms with Crippen molar-refractivity contribution in [1.29, 1.82) is 0 Å². The van der Waals surface area contributed by atoms with Gasteiger partial charge in [-0.05, 0) is 39.0 Å². The number of rotatable bonds is 1. The van der Waals surface area contributed by atoms with E-state index in [0.717, 1.165) is 20.2 Å². The quantitative estimate of drug-likeness (QED) is 0.724. The minimum absolute atomic E-state index is 0. The van der Waals surface area contributed by atoms with Crippen LogP contribution in [0.4, 0.5) is 5.69 Å². The summed E-state index contributed by atoms with van der Waals surface area (Å²) in [5, 5.41) is 0. The molecule has 0 fully saturated rings. The average Bonchev–Trinajstić information content (AvgIpc) is 2.08. The van der Waals surface area contributed by atoms with Gasteiger partial charge in [0.05, 0.1) is 5.69 Å². The molecule has 0 radical (unpaired) electrons. The van der Waals surface area contributed by atoms with Crippen molar-refractivity contribution in [3.63, 3.8) is 0 Å². The summed E-state index contributed by atoms with van der Waals surface area (Å²) in [6, 6.07) is 3.83. The summed E-state index contributed by atoms with van der Waals surface area (Å²) in [7, 11) is 0. The Balaban J connectivity index is 0.00000225. The van der Waals surface area contributed by atoms with Gasteiger partial charge in [-0.3, -0.25) is 0 Å². The van der Waals surface area contributed by atoms with Crippen LogP contribution in [0.3, 0.4) is 0 Å². The lowest BCUT2D eigenvalue weighted by atomic mass is 9.82. The van der Waals surface area contributed by atoms with Gasteiger partial charge in [0.2, 0.25) is 0 Å². The molecule has 4 N–H and O–H groups in total. The van der Waals surface area contributed by atoms with Crippen molar-refractivity contribution in [1.82, 2.24) is 0 Å². The van der Waals surface area contributed by atoms with E-state index < -0.39 is 0 Å². The second kappa shape index (κ2) is 5.71. The van der Waals surface area contributed by atoms with Crippen LogP contribution in [0.15, 0.2) is 21.1 Å². The largest absolute Gasteiger partial charge is 0.398 e. The molecule has 0 bridgehead atoms. The van der Waals surface area contributed by atoms with E-state index in [2.05, 4.69) is 52.6 Å². The number of hydrogen-bond donors (Lipinski definition) is 2. The third-order valence-electron chi connectivity index (χ3n) is 2.39. The molecule has 0 spiro atoms. The highest BCUT2D eigenvalue weighted by atomic mass is 79.9. The lowest BCUT2D eigenvalue weighted by Gasteiger charge is -2.28. The molecular formula is C11H17Br2ClN2. The van der Waals surface area contributed by atoms with Gasteiger partial charge in [-0.2, -0.15) is 0 Å². The summed E-state index contributed by atoms with van der Waals surface area (Å²) in [6.07, 6.45) is 0. The van der Waals surface area contributed by atoms with Crippen LogP contribution in [-0.2, 0) is 0 Å². The first kappa shape index (κ1) is 16.2. The van der Waals surface area contributed by atoms with Crippen LogP contribution in [0.25, 0.3) is 0 Å². The van der Waals surface area contributed by atoms with Crippen molar-refractivity contribution in [2.24, 2.45) is 11.1 Å². The Bertz CT molecular complexity index is 375. The molecule has 0 saturated carbocycles. The minimum atomic E-state index is -0.0775. The van der Waals surface area contributed by atoms with Crippen molar-refractivity contribution in [2.45, 2.75) is 26.8 Å². The van der Waals surface area contributed by atoms with Crippen LogP contribution in [0, 0.1) is 5.41 Å². The molecule has 0 aliphatic carbocycles. The van der Waals surface area contributed by atoms with E-state index in [0.29, 0.717) is 0 Å². The standard InChI is InChI=1S/C11H16Br2N2.ClH/c1-11(2,3)10(15)7-4-6(12)5-8(13)9(7)14;/h4-5,10H,14-15H2,1-3H3;1H/t10-;/m1./s1. The Morgan fingerprint density at radius 2 is 1.69 bits per heavy atom. The van der Waals surface area contributed by atoms with Gasteiger partial charge < -0.3 is 11.5 Å². The van der Waals surface area contributed by atoms with Crippen molar-refractivity contribution >= 4 is 50.0 Å². The van der Waals surface area contributed by atoms with E-state index >= 15 is 0 Å². The monoisotopic (exact) mass is 370 g/mol. The molecule has 0 aromatic heterocycles. The summed E-state index contributed by atoms with van der Waals surface area (Å²) in [5.74, 6) is 0. The number of anilines is 1. The third-order valence-corrected chi connectivity index (χ3v) is 3.51. The highest BCUT2D eigenvalue weighted by Gasteiger charge is 2.25. The molecule has 1 aromatic rings. The van der Waals surface area contributed by atoms with E-state index in [1.54, 1.807) is 0 Å². The summed E-state index contributed by atoms with van der Waals surface area (Å²) < 4.78 is 1.87. The maximum absolute atomic E-state index is 6.19. The fourth-order valence-corrected chi connectivity index (χ4v) is 2.59. The molecule has 0 aliphatic rings. The molecule has 92 valence electrons. The first-order chi connectivity index (χ1) is 6.73. The number of nitrogens with two attached hydrogens (primary N) is 2. The number of hydrogen-bond acceptors (Lipinski definition) is 2. The fourth-order valence-electron chi connectivity index (χ4n) is 1.33. The van der Waals surface area contributed by atoms with Crippen LogP contribution in [0.5, 0.6) is 0 Å². The SMILES string of the molecule is CC(C)(C)[C@H](N)c1cc(Br)cc(Br)c1N.Cl. The molecule has 0 heterocycles. The molecule has 2 nitrogen and oxygen atoms in total. The van der Waals surface area contributed by atoms with Gasteiger partial charge in [0.25, 0.3) is 0 Å². The van der Waals surface area contributed by atoms with Crippen LogP contribution < -0.4 is 11.5 Å². The predicted molar refractivity (Wildman–Crippen MR) is 79.9 cm³/mol. The molecule has 1 aromatic carbocycles. The van der Waals surface area contributed by atoms with Gasteiger partial charge in [0, 0.05) is 15.0 Å². The Labute approximate surface area is 120 Å². The molecule has 0 unspecified atom stereocenters. The van der Waals surface area contributed by atoms with Crippen LogP contribution >= 0.6 is 44.3 Å². The summed E-state index contributed by atoms with van der Waals surface area (Å²) in [5.41, 5.74) is 13.9. The predicted octanol–water partition coefficient (Wildman–Crippen LogP) is 4.26. The molecule has 5 heteroatoms. The van der Waals surface area contributed by atoms with Gasteiger partial charge in [0.15, 0.2) is 0 Å². The van der Waals surface area contributed by atoms with E-state index in [1.165, 1.54) is 0 Å². The van der Waals surface area contributed by atoms with Gasteiger partial charge in [0.1, 0.15) is 0 Å². The highest BCUT2D eigenvalue weighted by molar-refractivity contribution is 9.11. The van der Waals surface area contributed by atoms with Gasteiger partial charge in [-0.1, -0.05) is 36.7 Å². The molecule has 0 amide bonds. The Hall–Kier alpha value is 0.230. The molecule has 16 heavy (non-hydrogen) atoms. The lowest BCUT2D eigenvalue weighted by Crippen LogP contribution is -2.27. The van der Waals surface area contributed by atoms with Crippen molar-refractivity contribution in [3.05, 3.63) is 26.6 Å². The Morgan fingerprint density at radius 1 is 1.19 bits per heavy atom.